The van der Waals surface area contributed by atoms with Crippen molar-refractivity contribution in [3.63, 3.8) is 0 Å². The first kappa shape index (κ1) is 13.6. The molecule has 3 atom stereocenters. The topological polar surface area (TPSA) is 38.3 Å². The first-order chi connectivity index (χ1) is 9.72. The maximum Gasteiger partial charge on any atom is 0.220 e. The van der Waals surface area contributed by atoms with Crippen molar-refractivity contribution in [2.45, 2.75) is 44.2 Å². The molecule has 2 aliphatic rings. The first-order valence-electron chi connectivity index (χ1n) is 7.38. The van der Waals surface area contributed by atoms with Gasteiger partial charge in [0.1, 0.15) is 5.82 Å². The molecule has 4 heteroatoms. The number of halogens is 1. The fourth-order valence-electron chi connectivity index (χ4n) is 3.15. The molecule has 1 N–H and O–H groups in total. The molecule has 0 unspecified atom stereocenters. The smallest absolute Gasteiger partial charge is 0.220 e. The highest BCUT2D eigenvalue weighted by molar-refractivity contribution is 5.76. The molecule has 3 nitrogen and oxygen atoms in total. The van der Waals surface area contributed by atoms with Crippen molar-refractivity contribution >= 4 is 5.91 Å². The summed E-state index contributed by atoms with van der Waals surface area (Å²) in [6.45, 7) is 0.840. The second-order valence-electron chi connectivity index (χ2n) is 5.75. The molecule has 0 aromatic heterocycles. The van der Waals surface area contributed by atoms with Crippen LogP contribution in [-0.2, 0) is 16.0 Å². The van der Waals surface area contributed by atoms with E-state index in [0.717, 1.165) is 37.9 Å². The SMILES string of the molecule is O=C(CCCc1ccc(F)cc1)N[C@H]1C[C@@H]2OCC[C@H]12. The molecule has 3 rings (SSSR count). The van der Waals surface area contributed by atoms with Crippen LogP contribution in [0.2, 0.25) is 0 Å². The lowest BCUT2D eigenvalue weighted by molar-refractivity contribution is -0.124. The summed E-state index contributed by atoms with van der Waals surface area (Å²) in [5, 5.41) is 3.10. The van der Waals surface area contributed by atoms with Crippen LogP contribution in [0.3, 0.4) is 0 Å². The number of rotatable bonds is 5. The van der Waals surface area contributed by atoms with Gasteiger partial charge in [0.25, 0.3) is 0 Å². The standard InChI is InChI=1S/C16H20FNO2/c17-12-6-4-11(5-7-12)2-1-3-16(19)18-14-10-15-13(14)8-9-20-15/h4-7,13-15H,1-3,8-10H2,(H,18,19)/t13-,14+,15+/m1/s1. The number of aryl methyl sites for hydroxylation is 1. The van der Waals surface area contributed by atoms with Crippen LogP contribution in [0, 0.1) is 11.7 Å². The molecule has 1 aromatic rings. The summed E-state index contributed by atoms with van der Waals surface area (Å²) in [4.78, 5) is 11.9. The van der Waals surface area contributed by atoms with E-state index in [1.54, 1.807) is 12.1 Å². The van der Waals surface area contributed by atoms with E-state index >= 15 is 0 Å². The molecule has 20 heavy (non-hydrogen) atoms. The third kappa shape index (κ3) is 3.01. The summed E-state index contributed by atoms with van der Waals surface area (Å²) in [6.07, 6.45) is 4.58. The van der Waals surface area contributed by atoms with Crippen molar-refractivity contribution in [2.24, 2.45) is 5.92 Å². The average molecular weight is 277 g/mol. The highest BCUT2D eigenvalue weighted by atomic mass is 19.1. The quantitative estimate of drug-likeness (QED) is 0.897. The van der Waals surface area contributed by atoms with Gasteiger partial charge in [-0.3, -0.25) is 4.79 Å². The monoisotopic (exact) mass is 277 g/mol. The molecule has 1 amide bonds. The second-order valence-corrected chi connectivity index (χ2v) is 5.75. The van der Waals surface area contributed by atoms with E-state index in [1.807, 2.05) is 0 Å². The van der Waals surface area contributed by atoms with Gasteiger partial charge in [0.2, 0.25) is 5.91 Å². The first-order valence-corrected chi connectivity index (χ1v) is 7.38. The minimum atomic E-state index is -0.218. The van der Waals surface area contributed by atoms with Gasteiger partial charge in [-0.05, 0) is 43.4 Å². The van der Waals surface area contributed by atoms with Crippen LogP contribution in [-0.4, -0.2) is 24.7 Å². The molecular weight excluding hydrogens is 257 g/mol. The fraction of sp³-hybridized carbons (Fsp3) is 0.562. The molecule has 1 saturated heterocycles. The van der Waals surface area contributed by atoms with Crippen molar-refractivity contribution in [1.29, 1.82) is 0 Å². The maximum absolute atomic E-state index is 12.8. The lowest BCUT2D eigenvalue weighted by atomic mass is 9.76. The van der Waals surface area contributed by atoms with E-state index in [9.17, 15) is 9.18 Å². The Bertz CT molecular complexity index is 474. The number of amides is 1. The normalized spacial score (nSPS) is 27.8. The van der Waals surface area contributed by atoms with Gasteiger partial charge in [0.15, 0.2) is 0 Å². The number of benzene rings is 1. The second kappa shape index (κ2) is 5.92. The van der Waals surface area contributed by atoms with E-state index in [-0.39, 0.29) is 11.7 Å². The Kier molecular flexibility index (Phi) is 4.01. The van der Waals surface area contributed by atoms with Crippen LogP contribution >= 0.6 is 0 Å². The predicted molar refractivity (Wildman–Crippen MR) is 73.7 cm³/mol. The predicted octanol–water partition coefficient (Wildman–Crippen LogP) is 2.44. The number of hydrogen-bond acceptors (Lipinski definition) is 2. The Balaban J connectivity index is 1.36. The van der Waals surface area contributed by atoms with Gasteiger partial charge in [-0.2, -0.15) is 0 Å². The van der Waals surface area contributed by atoms with Crippen molar-refractivity contribution in [3.8, 4) is 0 Å². The van der Waals surface area contributed by atoms with Crippen molar-refractivity contribution in [1.82, 2.24) is 5.32 Å². The molecule has 1 heterocycles. The average Bonchev–Trinajstić information content (AvgIpc) is 2.80. The number of fused-ring (bicyclic) bond motifs is 1. The molecule has 2 fully saturated rings. The molecule has 1 aliphatic carbocycles. The third-order valence-electron chi connectivity index (χ3n) is 4.39. The molecule has 0 radical (unpaired) electrons. The van der Waals surface area contributed by atoms with Crippen molar-refractivity contribution in [2.75, 3.05) is 6.61 Å². The fourth-order valence-corrected chi connectivity index (χ4v) is 3.15. The number of carbonyl (C=O) groups excluding carboxylic acids is 1. The maximum atomic E-state index is 12.8. The van der Waals surface area contributed by atoms with Gasteiger partial charge < -0.3 is 10.1 Å². The van der Waals surface area contributed by atoms with Crippen LogP contribution < -0.4 is 5.32 Å². The van der Waals surface area contributed by atoms with E-state index in [2.05, 4.69) is 5.32 Å². The third-order valence-corrected chi connectivity index (χ3v) is 4.39. The zero-order valence-electron chi connectivity index (χ0n) is 11.5. The van der Waals surface area contributed by atoms with E-state index in [1.165, 1.54) is 12.1 Å². The molecule has 1 aliphatic heterocycles. The molecule has 1 saturated carbocycles. The summed E-state index contributed by atoms with van der Waals surface area (Å²) in [7, 11) is 0. The Labute approximate surface area is 118 Å². The lowest BCUT2D eigenvalue weighted by Crippen LogP contribution is -2.53. The van der Waals surface area contributed by atoms with Gasteiger partial charge in [-0.25, -0.2) is 4.39 Å². The van der Waals surface area contributed by atoms with E-state index in [0.29, 0.717) is 24.5 Å². The Morgan fingerprint density at radius 3 is 2.90 bits per heavy atom. The number of hydrogen-bond donors (Lipinski definition) is 1. The molecule has 108 valence electrons. The molecule has 0 bridgehead atoms. The summed E-state index contributed by atoms with van der Waals surface area (Å²) >= 11 is 0. The Morgan fingerprint density at radius 1 is 1.35 bits per heavy atom. The lowest BCUT2D eigenvalue weighted by Gasteiger charge is -2.39. The van der Waals surface area contributed by atoms with E-state index < -0.39 is 0 Å². The van der Waals surface area contributed by atoms with Crippen LogP contribution in [0.1, 0.15) is 31.2 Å². The Morgan fingerprint density at radius 2 is 2.15 bits per heavy atom. The highest BCUT2D eigenvalue weighted by Gasteiger charge is 2.45. The van der Waals surface area contributed by atoms with Crippen LogP contribution in [0.4, 0.5) is 4.39 Å². The minimum Gasteiger partial charge on any atom is -0.378 e. The van der Waals surface area contributed by atoms with E-state index in [4.69, 9.17) is 4.74 Å². The van der Waals surface area contributed by atoms with Gasteiger partial charge >= 0.3 is 0 Å². The Hall–Kier alpha value is -1.42. The molecular formula is C16H20FNO2. The van der Waals surface area contributed by atoms with Crippen molar-refractivity contribution in [3.05, 3.63) is 35.6 Å². The van der Waals surface area contributed by atoms with Gasteiger partial charge in [0.05, 0.1) is 6.10 Å². The minimum absolute atomic E-state index is 0.127. The summed E-state index contributed by atoms with van der Waals surface area (Å²) < 4.78 is 18.3. The zero-order chi connectivity index (χ0) is 13.9. The van der Waals surface area contributed by atoms with Gasteiger partial charge in [0, 0.05) is 25.0 Å². The summed E-state index contributed by atoms with van der Waals surface area (Å²) in [6, 6.07) is 6.80. The largest absolute Gasteiger partial charge is 0.378 e. The summed E-state index contributed by atoms with van der Waals surface area (Å²) in [5.74, 6) is 0.448. The number of ether oxygens (including phenoxy) is 1. The summed E-state index contributed by atoms with van der Waals surface area (Å²) in [5.41, 5.74) is 1.08. The highest BCUT2D eigenvalue weighted by Crippen LogP contribution is 2.38. The molecule has 1 aromatic carbocycles. The molecule has 0 spiro atoms. The van der Waals surface area contributed by atoms with Crippen LogP contribution in [0.15, 0.2) is 24.3 Å². The number of carbonyl (C=O) groups is 1. The van der Waals surface area contributed by atoms with Crippen molar-refractivity contribution < 1.29 is 13.9 Å². The zero-order valence-corrected chi connectivity index (χ0v) is 11.5. The van der Waals surface area contributed by atoms with Crippen LogP contribution in [0.25, 0.3) is 0 Å². The van der Waals surface area contributed by atoms with Gasteiger partial charge in [-0.15, -0.1) is 0 Å². The number of nitrogens with one attached hydrogen (secondary N) is 1. The van der Waals surface area contributed by atoms with Gasteiger partial charge in [-0.1, -0.05) is 12.1 Å². The van der Waals surface area contributed by atoms with Crippen LogP contribution in [0.5, 0.6) is 0 Å².